The zero-order valence-electron chi connectivity index (χ0n) is 13.9. The Morgan fingerprint density at radius 3 is 2.46 bits per heavy atom. The zero-order chi connectivity index (χ0) is 16.9. The van der Waals surface area contributed by atoms with Gasteiger partial charge in [-0.05, 0) is 19.9 Å². The van der Waals surface area contributed by atoms with E-state index >= 15 is 0 Å². The maximum atomic E-state index is 12.3. The summed E-state index contributed by atoms with van der Waals surface area (Å²) in [7, 11) is 0. The second kappa shape index (κ2) is 7.20. The molecule has 3 rings (SSSR count). The lowest BCUT2D eigenvalue weighted by Crippen LogP contribution is -2.52. The third-order valence-electron chi connectivity index (χ3n) is 3.87. The second-order valence-corrected chi connectivity index (χ2v) is 5.76. The van der Waals surface area contributed by atoms with Crippen molar-refractivity contribution in [2.45, 2.75) is 20.4 Å². The number of hydrogen-bond acceptors (Lipinski definition) is 6. The van der Waals surface area contributed by atoms with Gasteiger partial charge in [0.1, 0.15) is 11.6 Å². The first-order valence-corrected chi connectivity index (χ1v) is 7.97. The molecule has 0 radical (unpaired) electrons. The van der Waals surface area contributed by atoms with E-state index in [-0.39, 0.29) is 6.03 Å². The Labute approximate surface area is 141 Å². The van der Waals surface area contributed by atoms with Crippen LogP contribution < -0.4 is 10.2 Å². The average Bonchev–Trinajstić information content (AvgIpc) is 2.60. The molecule has 0 spiro atoms. The first kappa shape index (κ1) is 16.1. The van der Waals surface area contributed by atoms with Crippen LogP contribution in [0.15, 0.2) is 24.7 Å². The van der Waals surface area contributed by atoms with Crippen LogP contribution in [0.3, 0.4) is 0 Å². The number of carbonyl (C=O) groups excluding carboxylic acids is 1. The van der Waals surface area contributed by atoms with E-state index < -0.39 is 0 Å². The molecule has 0 aliphatic carbocycles. The summed E-state index contributed by atoms with van der Waals surface area (Å²) in [5.74, 6) is 1.49. The van der Waals surface area contributed by atoms with E-state index in [9.17, 15) is 4.79 Å². The van der Waals surface area contributed by atoms with E-state index in [4.69, 9.17) is 0 Å². The van der Waals surface area contributed by atoms with Crippen LogP contribution >= 0.6 is 0 Å². The first-order valence-electron chi connectivity index (χ1n) is 7.97. The van der Waals surface area contributed by atoms with Crippen molar-refractivity contribution in [2.75, 3.05) is 31.1 Å². The average molecular weight is 327 g/mol. The maximum absolute atomic E-state index is 12.3. The zero-order valence-corrected chi connectivity index (χ0v) is 13.9. The van der Waals surface area contributed by atoms with Crippen molar-refractivity contribution < 1.29 is 4.79 Å². The lowest BCUT2D eigenvalue weighted by atomic mass is 10.3. The number of nitrogens with zero attached hydrogens (tertiary/aromatic N) is 6. The van der Waals surface area contributed by atoms with Gasteiger partial charge in [-0.3, -0.25) is 4.98 Å². The molecule has 8 nitrogen and oxygen atoms in total. The fourth-order valence-corrected chi connectivity index (χ4v) is 2.74. The Morgan fingerprint density at radius 1 is 1.12 bits per heavy atom. The molecule has 0 aromatic carbocycles. The van der Waals surface area contributed by atoms with Gasteiger partial charge in [-0.1, -0.05) is 0 Å². The van der Waals surface area contributed by atoms with Crippen LogP contribution in [0.5, 0.6) is 0 Å². The molecule has 3 heterocycles. The minimum absolute atomic E-state index is 0.0865. The van der Waals surface area contributed by atoms with Crippen molar-refractivity contribution in [1.29, 1.82) is 0 Å². The van der Waals surface area contributed by atoms with Gasteiger partial charge in [0, 0.05) is 50.0 Å². The molecule has 24 heavy (non-hydrogen) atoms. The number of aromatic nitrogens is 4. The highest BCUT2D eigenvalue weighted by molar-refractivity contribution is 5.74. The molecule has 0 saturated carbocycles. The summed E-state index contributed by atoms with van der Waals surface area (Å²) in [6, 6.07) is 1.83. The summed E-state index contributed by atoms with van der Waals surface area (Å²) >= 11 is 0. The number of amides is 2. The Kier molecular flexibility index (Phi) is 4.83. The predicted octanol–water partition coefficient (Wildman–Crippen LogP) is 0.915. The third-order valence-corrected chi connectivity index (χ3v) is 3.87. The smallest absolute Gasteiger partial charge is 0.317 e. The van der Waals surface area contributed by atoms with E-state index in [1.807, 2.05) is 19.9 Å². The highest BCUT2D eigenvalue weighted by atomic mass is 16.2. The molecule has 1 fully saturated rings. The predicted molar refractivity (Wildman–Crippen MR) is 89.6 cm³/mol. The molecule has 1 saturated heterocycles. The summed E-state index contributed by atoms with van der Waals surface area (Å²) in [6.45, 7) is 6.97. The van der Waals surface area contributed by atoms with Crippen molar-refractivity contribution in [3.8, 4) is 0 Å². The second-order valence-electron chi connectivity index (χ2n) is 5.76. The number of aryl methyl sites for hydroxylation is 2. The van der Waals surface area contributed by atoms with Gasteiger partial charge in [-0.2, -0.15) is 0 Å². The molecule has 2 aromatic rings. The van der Waals surface area contributed by atoms with Gasteiger partial charge in [-0.15, -0.1) is 0 Å². The van der Waals surface area contributed by atoms with Gasteiger partial charge >= 0.3 is 6.03 Å². The monoisotopic (exact) mass is 327 g/mol. The number of carbonyl (C=O) groups is 1. The molecule has 0 unspecified atom stereocenters. The minimum Gasteiger partial charge on any atom is -0.352 e. The lowest BCUT2D eigenvalue weighted by Gasteiger charge is -2.35. The largest absolute Gasteiger partial charge is 0.352 e. The van der Waals surface area contributed by atoms with E-state index in [0.717, 1.165) is 30.3 Å². The highest BCUT2D eigenvalue weighted by Gasteiger charge is 2.21. The van der Waals surface area contributed by atoms with E-state index in [1.165, 1.54) is 0 Å². The van der Waals surface area contributed by atoms with Gasteiger partial charge in [0.2, 0.25) is 0 Å². The summed E-state index contributed by atoms with van der Waals surface area (Å²) in [6.07, 6.45) is 5.08. The van der Waals surface area contributed by atoms with Gasteiger partial charge in [0.25, 0.3) is 0 Å². The Balaban J connectivity index is 1.50. The van der Waals surface area contributed by atoms with Crippen molar-refractivity contribution >= 4 is 11.8 Å². The lowest BCUT2D eigenvalue weighted by molar-refractivity contribution is 0.193. The van der Waals surface area contributed by atoms with E-state index in [0.29, 0.717) is 25.5 Å². The SMILES string of the molecule is Cc1cc(C)nc(CNC(=O)N2CCN(c3cnccn3)CC2)n1. The van der Waals surface area contributed by atoms with Crippen LogP contribution in [0.1, 0.15) is 17.2 Å². The Bertz CT molecular complexity index is 679. The molecule has 0 atom stereocenters. The van der Waals surface area contributed by atoms with Crippen molar-refractivity contribution in [1.82, 2.24) is 30.2 Å². The fourth-order valence-electron chi connectivity index (χ4n) is 2.74. The Morgan fingerprint density at radius 2 is 1.83 bits per heavy atom. The van der Waals surface area contributed by atoms with E-state index in [1.54, 1.807) is 23.5 Å². The number of urea groups is 1. The molecule has 2 aromatic heterocycles. The number of hydrogen-bond donors (Lipinski definition) is 1. The molecule has 8 heteroatoms. The summed E-state index contributed by atoms with van der Waals surface area (Å²) in [4.78, 5) is 33.3. The van der Waals surface area contributed by atoms with Crippen LogP contribution in [0, 0.1) is 13.8 Å². The molecular formula is C16H21N7O. The molecular weight excluding hydrogens is 306 g/mol. The topological polar surface area (TPSA) is 87.1 Å². The van der Waals surface area contributed by atoms with Crippen LogP contribution in [-0.2, 0) is 6.54 Å². The van der Waals surface area contributed by atoms with Crippen molar-refractivity contribution in [3.05, 3.63) is 41.9 Å². The Hall–Kier alpha value is -2.77. The molecule has 2 amide bonds. The number of nitrogens with one attached hydrogen (secondary N) is 1. The van der Waals surface area contributed by atoms with Gasteiger partial charge in [0.05, 0.1) is 12.7 Å². The van der Waals surface area contributed by atoms with E-state index in [2.05, 4.69) is 30.2 Å². The summed E-state index contributed by atoms with van der Waals surface area (Å²) in [5, 5.41) is 2.89. The van der Waals surface area contributed by atoms with Gasteiger partial charge in [0.15, 0.2) is 0 Å². The minimum atomic E-state index is -0.0865. The van der Waals surface area contributed by atoms with Crippen LogP contribution in [0.4, 0.5) is 10.6 Å². The van der Waals surface area contributed by atoms with Crippen LogP contribution in [0.2, 0.25) is 0 Å². The van der Waals surface area contributed by atoms with Gasteiger partial charge in [-0.25, -0.2) is 19.7 Å². The molecule has 1 aliphatic rings. The highest BCUT2D eigenvalue weighted by Crippen LogP contribution is 2.11. The molecule has 126 valence electrons. The standard InChI is InChI=1S/C16H21N7O/c1-12-9-13(2)21-14(20-12)10-19-16(24)23-7-5-22(6-8-23)15-11-17-3-4-18-15/h3-4,9,11H,5-8,10H2,1-2H3,(H,19,24). The van der Waals surface area contributed by atoms with Crippen molar-refractivity contribution in [2.24, 2.45) is 0 Å². The normalized spacial score (nSPS) is 14.6. The number of rotatable bonds is 3. The van der Waals surface area contributed by atoms with Gasteiger partial charge < -0.3 is 15.1 Å². The molecule has 1 aliphatic heterocycles. The summed E-state index contributed by atoms with van der Waals surface area (Å²) in [5.41, 5.74) is 1.81. The first-order chi connectivity index (χ1) is 11.6. The third kappa shape index (κ3) is 3.95. The molecule has 1 N–H and O–H groups in total. The van der Waals surface area contributed by atoms with Crippen LogP contribution in [0.25, 0.3) is 0 Å². The maximum Gasteiger partial charge on any atom is 0.317 e. The number of anilines is 1. The quantitative estimate of drug-likeness (QED) is 0.902. The number of piperazine rings is 1. The molecule has 0 bridgehead atoms. The van der Waals surface area contributed by atoms with Crippen LogP contribution in [-0.4, -0.2) is 57.0 Å². The fraction of sp³-hybridized carbons (Fsp3) is 0.438. The van der Waals surface area contributed by atoms with Crippen molar-refractivity contribution in [3.63, 3.8) is 0 Å². The summed E-state index contributed by atoms with van der Waals surface area (Å²) < 4.78 is 0.